The van der Waals surface area contributed by atoms with Gasteiger partial charge in [-0.3, -0.25) is 0 Å². The van der Waals surface area contributed by atoms with E-state index >= 15 is 0 Å². The summed E-state index contributed by atoms with van der Waals surface area (Å²) in [6.07, 6.45) is 5.82. The molecule has 0 amide bonds. The predicted molar refractivity (Wildman–Crippen MR) is 66.4 cm³/mol. The Morgan fingerprint density at radius 1 is 1.37 bits per heavy atom. The number of nitrogens with zero attached hydrogens (tertiary/aromatic N) is 3. The van der Waals surface area contributed by atoms with E-state index in [2.05, 4.69) is 10.1 Å². The summed E-state index contributed by atoms with van der Waals surface area (Å²) in [4.78, 5) is 15.2. The van der Waals surface area contributed by atoms with Gasteiger partial charge < -0.3 is 4.74 Å². The van der Waals surface area contributed by atoms with Crippen LogP contribution in [0.3, 0.4) is 0 Å². The molecule has 0 radical (unpaired) electrons. The van der Waals surface area contributed by atoms with Gasteiger partial charge in [0.1, 0.15) is 25.1 Å². The lowest BCUT2D eigenvalue weighted by atomic mass is 10.2. The average molecular weight is 261 g/mol. The van der Waals surface area contributed by atoms with Gasteiger partial charge in [0.25, 0.3) is 0 Å². The van der Waals surface area contributed by atoms with Crippen LogP contribution in [0.25, 0.3) is 6.08 Å². The van der Waals surface area contributed by atoms with Crippen LogP contribution in [0.4, 0.5) is 4.39 Å². The monoisotopic (exact) mass is 261 g/mol. The lowest BCUT2D eigenvalue weighted by Gasteiger charge is -2.01. The third kappa shape index (κ3) is 4.34. The van der Waals surface area contributed by atoms with Crippen molar-refractivity contribution in [3.8, 4) is 0 Å². The highest BCUT2D eigenvalue weighted by Crippen LogP contribution is 2.04. The van der Waals surface area contributed by atoms with Crippen molar-refractivity contribution < 1.29 is 13.9 Å². The van der Waals surface area contributed by atoms with Crippen molar-refractivity contribution in [2.45, 2.75) is 6.54 Å². The zero-order valence-electron chi connectivity index (χ0n) is 10.1. The fourth-order valence-electron chi connectivity index (χ4n) is 1.37. The van der Waals surface area contributed by atoms with E-state index < -0.39 is 5.97 Å². The summed E-state index contributed by atoms with van der Waals surface area (Å²) in [5.74, 6) is -0.767. The molecule has 98 valence electrons. The number of carbonyl (C=O) groups excluding carboxylic acids is 1. The van der Waals surface area contributed by atoms with Crippen LogP contribution in [-0.2, 0) is 16.1 Å². The molecule has 0 aliphatic rings. The third-order valence-electron chi connectivity index (χ3n) is 2.31. The minimum absolute atomic E-state index is 0.218. The van der Waals surface area contributed by atoms with E-state index in [1.54, 1.807) is 29.2 Å². The molecule has 2 rings (SSSR count). The van der Waals surface area contributed by atoms with Crippen molar-refractivity contribution in [1.82, 2.24) is 14.8 Å². The number of hydrogen-bond donors (Lipinski definition) is 0. The van der Waals surface area contributed by atoms with Gasteiger partial charge in [0.05, 0.1) is 6.54 Å². The number of rotatable bonds is 5. The molecule has 0 unspecified atom stereocenters. The summed E-state index contributed by atoms with van der Waals surface area (Å²) in [5.41, 5.74) is 0.731. The zero-order chi connectivity index (χ0) is 13.5. The molecule has 0 fully saturated rings. The minimum atomic E-state index is -0.454. The second-order valence-electron chi connectivity index (χ2n) is 3.71. The molecular formula is C13H12FN3O2. The molecule has 19 heavy (non-hydrogen) atoms. The van der Waals surface area contributed by atoms with Crippen LogP contribution in [0.15, 0.2) is 43.0 Å². The second-order valence-corrected chi connectivity index (χ2v) is 3.71. The first kappa shape index (κ1) is 12.9. The Hall–Kier alpha value is -2.50. The molecule has 0 N–H and O–H groups in total. The molecule has 0 atom stereocenters. The Kier molecular flexibility index (Phi) is 4.39. The average Bonchev–Trinajstić information content (AvgIpc) is 2.91. The third-order valence-corrected chi connectivity index (χ3v) is 2.31. The molecule has 1 heterocycles. The number of aromatic nitrogens is 3. The SMILES string of the molecule is O=C(/C=C/c1ccc(F)cc1)OCCn1cncn1. The minimum Gasteiger partial charge on any atom is -0.461 e. The molecule has 1 aromatic carbocycles. The van der Waals surface area contributed by atoms with Crippen molar-refractivity contribution in [3.63, 3.8) is 0 Å². The Bertz CT molecular complexity index is 550. The summed E-state index contributed by atoms with van der Waals surface area (Å²) in [5, 5.41) is 3.88. The Morgan fingerprint density at radius 2 is 2.16 bits per heavy atom. The van der Waals surface area contributed by atoms with E-state index in [4.69, 9.17) is 4.74 Å². The van der Waals surface area contributed by atoms with Gasteiger partial charge in [-0.1, -0.05) is 12.1 Å². The molecule has 5 nitrogen and oxygen atoms in total. The Morgan fingerprint density at radius 3 is 2.84 bits per heavy atom. The molecule has 0 aliphatic carbocycles. The topological polar surface area (TPSA) is 57.0 Å². The molecule has 0 saturated carbocycles. The predicted octanol–water partition coefficient (Wildman–Crippen LogP) is 1.67. The highest BCUT2D eigenvalue weighted by atomic mass is 19.1. The molecule has 6 heteroatoms. The van der Waals surface area contributed by atoms with Crippen LogP contribution in [0.5, 0.6) is 0 Å². The van der Waals surface area contributed by atoms with E-state index in [0.29, 0.717) is 6.54 Å². The lowest BCUT2D eigenvalue weighted by molar-refractivity contribution is -0.138. The van der Waals surface area contributed by atoms with Gasteiger partial charge in [0.2, 0.25) is 0 Å². The largest absolute Gasteiger partial charge is 0.461 e. The van der Waals surface area contributed by atoms with E-state index in [0.717, 1.165) is 5.56 Å². The zero-order valence-corrected chi connectivity index (χ0v) is 10.1. The van der Waals surface area contributed by atoms with Crippen LogP contribution in [0.1, 0.15) is 5.56 Å². The van der Waals surface area contributed by atoms with Crippen LogP contribution >= 0.6 is 0 Å². The van der Waals surface area contributed by atoms with Gasteiger partial charge in [-0.25, -0.2) is 18.9 Å². The Balaban J connectivity index is 1.76. The van der Waals surface area contributed by atoms with Crippen LogP contribution in [-0.4, -0.2) is 27.3 Å². The maximum Gasteiger partial charge on any atom is 0.330 e. The normalized spacial score (nSPS) is 10.8. The summed E-state index contributed by atoms with van der Waals surface area (Å²) in [7, 11) is 0. The van der Waals surface area contributed by atoms with Crippen molar-refractivity contribution in [2.75, 3.05) is 6.61 Å². The molecule has 0 aliphatic heterocycles. The molecule has 0 saturated heterocycles. The molecule has 2 aromatic rings. The summed E-state index contributed by atoms with van der Waals surface area (Å²) < 4.78 is 19.2. The summed E-state index contributed by atoms with van der Waals surface area (Å²) >= 11 is 0. The number of ether oxygens (including phenoxy) is 1. The summed E-state index contributed by atoms with van der Waals surface area (Å²) in [6, 6.07) is 5.81. The van der Waals surface area contributed by atoms with E-state index in [9.17, 15) is 9.18 Å². The van der Waals surface area contributed by atoms with Crippen molar-refractivity contribution in [3.05, 3.63) is 54.4 Å². The smallest absolute Gasteiger partial charge is 0.330 e. The van der Waals surface area contributed by atoms with Crippen LogP contribution < -0.4 is 0 Å². The highest BCUT2D eigenvalue weighted by Gasteiger charge is 1.98. The van der Waals surface area contributed by atoms with E-state index in [1.165, 1.54) is 24.5 Å². The lowest BCUT2D eigenvalue weighted by Crippen LogP contribution is -2.09. The van der Waals surface area contributed by atoms with Gasteiger partial charge in [-0.2, -0.15) is 5.10 Å². The second kappa shape index (κ2) is 6.44. The maximum absolute atomic E-state index is 12.7. The van der Waals surface area contributed by atoms with Gasteiger partial charge in [0.15, 0.2) is 0 Å². The maximum atomic E-state index is 12.7. The molecule has 0 spiro atoms. The van der Waals surface area contributed by atoms with Gasteiger partial charge in [0, 0.05) is 6.08 Å². The number of esters is 1. The molecule has 1 aromatic heterocycles. The molecule has 0 bridgehead atoms. The van der Waals surface area contributed by atoms with Crippen molar-refractivity contribution >= 4 is 12.0 Å². The quantitative estimate of drug-likeness (QED) is 0.607. The molecular weight excluding hydrogens is 249 g/mol. The van der Waals surface area contributed by atoms with Gasteiger partial charge in [-0.15, -0.1) is 0 Å². The number of benzene rings is 1. The standard InChI is InChI=1S/C13H12FN3O2/c14-12-4-1-11(2-5-12)3-6-13(18)19-8-7-17-10-15-9-16-17/h1-6,9-10H,7-8H2/b6-3+. The van der Waals surface area contributed by atoms with Gasteiger partial charge in [-0.05, 0) is 23.8 Å². The first-order chi connectivity index (χ1) is 9.24. The fraction of sp³-hybridized carbons (Fsp3) is 0.154. The highest BCUT2D eigenvalue weighted by molar-refractivity contribution is 5.86. The first-order valence-corrected chi connectivity index (χ1v) is 5.67. The van der Waals surface area contributed by atoms with E-state index in [1.807, 2.05) is 0 Å². The van der Waals surface area contributed by atoms with E-state index in [-0.39, 0.29) is 12.4 Å². The Labute approximate surface area is 109 Å². The number of hydrogen-bond acceptors (Lipinski definition) is 4. The number of carbonyl (C=O) groups is 1. The van der Waals surface area contributed by atoms with Crippen molar-refractivity contribution in [1.29, 1.82) is 0 Å². The van der Waals surface area contributed by atoms with Crippen molar-refractivity contribution in [2.24, 2.45) is 0 Å². The van der Waals surface area contributed by atoms with Gasteiger partial charge >= 0.3 is 5.97 Å². The summed E-state index contributed by atoms with van der Waals surface area (Å²) in [6.45, 7) is 0.673. The van der Waals surface area contributed by atoms with Crippen LogP contribution in [0, 0.1) is 5.82 Å². The fourth-order valence-corrected chi connectivity index (χ4v) is 1.37. The van der Waals surface area contributed by atoms with Crippen LogP contribution in [0.2, 0.25) is 0 Å². The number of halogens is 1. The first-order valence-electron chi connectivity index (χ1n) is 5.67.